The fourth-order valence-electron chi connectivity index (χ4n) is 0.833. The molecule has 76 valence electrons. The van der Waals surface area contributed by atoms with Crippen molar-refractivity contribution in [2.75, 3.05) is 0 Å². The Morgan fingerprint density at radius 3 is 2.79 bits per heavy atom. The van der Waals surface area contributed by atoms with Crippen LogP contribution < -0.4 is 4.74 Å². The molecule has 0 aliphatic heterocycles. The number of aliphatic hydroxyl groups excluding tert-OH is 1. The average Bonchev–Trinajstić information content (AvgIpc) is 2.12. The van der Waals surface area contributed by atoms with Crippen LogP contribution in [-0.2, 0) is 11.4 Å². The lowest BCUT2D eigenvalue weighted by Gasteiger charge is -2.07. The number of esters is 1. The fraction of sp³-hybridized carbons (Fsp3) is 0.250. The van der Waals surface area contributed by atoms with Crippen LogP contribution in [0.1, 0.15) is 12.6 Å². The van der Waals surface area contributed by atoms with Crippen molar-refractivity contribution in [2.24, 2.45) is 0 Å². The smallest absolute Gasteiger partial charge is 0.308 e. The maximum atomic E-state index is 10.7. The number of nitrogens with zero attached hydrogens (tertiary/aromatic N) is 1. The highest BCUT2D eigenvalue weighted by atomic mass is 35.5. The van der Waals surface area contributed by atoms with Crippen molar-refractivity contribution in [3.8, 4) is 5.75 Å². The summed E-state index contributed by atoms with van der Waals surface area (Å²) in [5.74, 6) is -0.510. The van der Waals surface area contributed by atoms with E-state index in [1.54, 1.807) is 0 Å². The number of ether oxygens (including phenoxy) is 1. The van der Waals surface area contributed by atoms with Gasteiger partial charge in [0.15, 0.2) is 5.75 Å². The summed E-state index contributed by atoms with van der Waals surface area (Å²) < 4.78 is 4.76. The van der Waals surface area contributed by atoms with E-state index in [1.807, 2.05) is 0 Å². The first-order chi connectivity index (χ1) is 6.56. The molecule has 14 heavy (non-hydrogen) atoms. The van der Waals surface area contributed by atoms with Gasteiger partial charge in [-0.2, -0.15) is 0 Å². The largest absolute Gasteiger partial charge is 0.423 e. The highest BCUT2D eigenvalue weighted by Crippen LogP contribution is 2.34. The van der Waals surface area contributed by atoms with E-state index < -0.39 is 5.97 Å². The number of pyridine rings is 1. The molecule has 1 rings (SSSR count). The zero-order chi connectivity index (χ0) is 10.7. The summed E-state index contributed by atoms with van der Waals surface area (Å²) in [6.07, 6.45) is 1.26. The maximum Gasteiger partial charge on any atom is 0.308 e. The molecule has 0 aliphatic carbocycles. The zero-order valence-corrected chi connectivity index (χ0v) is 8.76. The van der Waals surface area contributed by atoms with E-state index in [0.29, 0.717) is 0 Å². The first kappa shape index (κ1) is 11.2. The van der Waals surface area contributed by atoms with Crippen LogP contribution in [0.4, 0.5) is 0 Å². The Hall–Kier alpha value is -0.840. The first-order valence-electron chi connectivity index (χ1n) is 3.68. The van der Waals surface area contributed by atoms with Gasteiger partial charge in [0.2, 0.25) is 0 Å². The van der Waals surface area contributed by atoms with Crippen molar-refractivity contribution in [1.82, 2.24) is 4.98 Å². The minimum absolute atomic E-state index is 0.0277. The Balaban J connectivity index is 3.18. The normalized spacial score (nSPS) is 10.0. The Morgan fingerprint density at radius 2 is 2.29 bits per heavy atom. The van der Waals surface area contributed by atoms with Crippen LogP contribution in [-0.4, -0.2) is 16.1 Å². The highest BCUT2D eigenvalue weighted by molar-refractivity contribution is 6.37. The van der Waals surface area contributed by atoms with Crippen LogP contribution in [0.25, 0.3) is 0 Å². The number of aromatic nitrogens is 1. The van der Waals surface area contributed by atoms with Gasteiger partial charge in [0, 0.05) is 13.1 Å². The molecule has 0 amide bonds. The third-order valence-corrected chi connectivity index (χ3v) is 2.06. The average molecular weight is 236 g/mol. The lowest BCUT2D eigenvalue weighted by molar-refractivity contribution is -0.131. The molecule has 1 heterocycles. The quantitative estimate of drug-likeness (QED) is 0.795. The number of rotatable bonds is 2. The summed E-state index contributed by atoms with van der Waals surface area (Å²) in [6, 6.07) is 0. The molecule has 0 unspecified atom stereocenters. The van der Waals surface area contributed by atoms with Crippen molar-refractivity contribution in [3.63, 3.8) is 0 Å². The molecule has 6 heteroatoms. The first-order valence-corrected chi connectivity index (χ1v) is 4.44. The minimum atomic E-state index is -0.538. The van der Waals surface area contributed by atoms with E-state index in [1.165, 1.54) is 13.1 Å². The highest BCUT2D eigenvalue weighted by Gasteiger charge is 2.14. The van der Waals surface area contributed by atoms with Crippen molar-refractivity contribution in [1.29, 1.82) is 0 Å². The molecule has 0 saturated carbocycles. The Morgan fingerprint density at radius 1 is 1.64 bits per heavy atom. The summed E-state index contributed by atoms with van der Waals surface area (Å²) in [7, 11) is 0. The second-order valence-corrected chi connectivity index (χ2v) is 3.23. The van der Waals surface area contributed by atoms with Crippen LogP contribution >= 0.6 is 23.2 Å². The molecule has 0 atom stereocenters. The fourth-order valence-corrected chi connectivity index (χ4v) is 1.31. The van der Waals surface area contributed by atoms with E-state index in [9.17, 15) is 4.79 Å². The van der Waals surface area contributed by atoms with Crippen LogP contribution in [0.15, 0.2) is 6.20 Å². The van der Waals surface area contributed by atoms with E-state index in [0.717, 1.165) is 0 Å². The molecule has 0 fully saturated rings. The standard InChI is InChI=1S/C8H7Cl2NO3/c1-4(13)14-8-5(9)2-11-6(3-12)7(8)10/h2,12H,3H2,1H3. The Labute approximate surface area is 90.4 Å². The third-order valence-electron chi connectivity index (χ3n) is 1.40. The van der Waals surface area contributed by atoms with E-state index >= 15 is 0 Å². The van der Waals surface area contributed by atoms with Crippen LogP contribution in [0.5, 0.6) is 5.75 Å². The van der Waals surface area contributed by atoms with Crippen LogP contribution in [0.3, 0.4) is 0 Å². The van der Waals surface area contributed by atoms with Crippen molar-refractivity contribution in [3.05, 3.63) is 21.9 Å². The monoisotopic (exact) mass is 235 g/mol. The molecule has 1 aromatic rings. The van der Waals surface area contributed by atoms with Gasteiger partial charge in [-0.1, -0.05) is 23.2 Å². The minimum Gasteiger partial charge on any atom is -0.423 e. The molecule has 0 spiro atoms. The molecule has 0 saturated heterocycles. The molecule has 1 N–H and O–H groups in total. The molecule has 0 radical (unpaired) electrons. The lowest BCUT2D eigenvalue weighted by atomic mass is 10.3. The predicted octanol–water partition coefficient (Wildman–Crippen LogP) is 1.81. The predicted molar refractivity (Wildman–Crippen MR) is 51.5 cm³/mol. The van der Waals surface area contributed by atoms with Gasteiger partial charge in [0.1, 0.15) is 10.0 Å². The number of halogens is 2. The molecule has 0 aromatic carbocycles. The van der Waals surface area contributed by atoms with Gasteiger partial charge in [-0.25, -0.2) is 0 Å². The van der Waals surface area contributed by atoms with Crippen LogP contribution in [0, 0.1) is 0 Å². The molecule has 4 nitrogen and oxygen atoms in total. The summed E-state index contributed by atoms with van der Waals surface area (Å²) in [5.41, 5.74) is 0.215. The molecule has 0 bridgehead atoms. The van der Waals surface area contributed by atoms with E-state index in [-0.39, 0.29) is 28.1 Å². The molecular weight excluding hydrogens is 229 g/mol. The molecule has 1 aromatic heterocycles. The van der Waals surface area contributed by atoms with Gasteiger partial charge in [0.05, 0.1) is 12.3 Å². The van der Waals surface area contributed by atoms with Gasteiger partial charge in [-0.05, 0) is 0 Å². The number of carbonyl (C=O) groups excluding carboxylic acids is 1. The molecular formula is C8H7Cl2NO3. The van der Waals surface area contributed by atoms with Crippen molar-refractivity contribution in [2.45, 2.75) is 13.5 Å². The number of hydrogen-bond acceptors (Lipinski definition) is 4. The van der Waals surface area contributed by atoms with Crippen LogP contribution in [0.2, 0.25) is 10.0 Å². The van der Waals surface area contributed by atoms with Gasteiger partial charge < -0.3 is 9.84 Å². The Bertz CT molecular complexity index is 368. The maximum absolute atomic E-state index is 10.7. The van der Waals surface area contributed by atoms with E-state index in [4.69, 9.17) is 33.0 Å². The summed E-state index contributed by atoms with van der Waals surface area (Å²) in [6.45, 7) is 0.885. The van der Waals surface area contributed by atoms with Gasteiger partial charge in [-0.15, -0.1) is 0 Å². The SMILES string of the molecule is CC(=O)Oc1c(Cl)cnc(CO)c1Cl. The number of hydrogen-bond donors (Lipinski definition) is 1. The third kappa shape index (κ3) is 2.35. The van der Waals surface area contributed by atoms with Crippen molar-refractivity contribution >= 4 is 29.2 Å². The van der Waals surface area contributed by atoms with Gasteiger partial charge in [0.25, 0.3) is 0 Å². The second-order valence-electron chi connectivity index (χ2n) is 2.45. The number of carbonyl (C=O) groups is 1. The number of aliphatic hydroxyl groups is 1. The van der Waals surface area contributed by atoms with Gasteiger partial charge >= 0.3 is 5.97 Å². The second kappa shape index (κ2) is 4.59. The van der Waals surface area contributed by atoms with Crippen molar-refractivity contribution < 1.29 is 14.6 Å². The van der Waals surface area contributed by atoms with E-state index in [2.05, 4.69) is 4.98 Å². The molecule has 0 aliphatic rings. The summed E-state index contributed by atoms with van der Waals surface area (Å²) in [4.78, 5) is 14.5. The Kier molecular flexibility index (Phi) is 3.69. The van der Waals surface area contributed by atoms with Gasteiger partial charge in [-0.3, -0.25) is 9.78 Å². The summed E-state index contributed by atoms with van der Waals surface area (Å²) >= 11 is 11.5. The lowest BCUT2D eigenvalue weighted by Crippen LogP contribution is -2.04. The summed E-state index contributed by atoms with van der Waals surface area (Å²) in [5, 5.41) is 9.02. The topological polar surface area (TPSA) is 59.4 Å². The zero-order valence-electron chi connectivity index (χ0n) is 7.25.